The van der Waals surface area contributed by atoms with Crippen molar-refractivity contribution in [3.05, 3.63) is 36.6 Å². The number of rotatable bonds is 5. The molecule has 1 heterocycles. The molecule has 0 fully saturated rings. The van der Waals surface area contributed by atoms with Gasteiger partial charge >= 0.3 is 0 Å². The molecule has 16 heavy (non-hydrogen) atoms. The van der Waals surface area contributed by atoms with Gasteiger partial charge in [-0.2, -0.15) is 4.58 Å². The first kappa shape index (κ1) is 12.9. The van der Waals surface area contributed by atoms with Crippen LogP contribution in [0.4, 0.5) is 0 Å². The standard InChI is InChI=1S/C13H20NO2/c1-5-11-12(6-2)14(7-3)10(4)13(11,8-15)9-16/h5-6,15-16H,1-2,7-9H2,3-4H3/q+1. The fourth-order valence-electron chi connectivity index (χ4n) is 2.40. The highest BCUT2D eigenvalue weighted by Gasteiger charge is 2.49. The summed E-state index contributed by atoms with van der Waals surface area (Å²) in [6, 6.07) is 0. The number of likely N-dealkylation sites (N-methyl/N-ethyl adjacent to an activating group) is 1. The van der Waals surface area contributed by atoms with E-state index >= 15 is 0 Å². The summed E-state index contributed by atoms with van der Waals surface area (Å²) in [4.78, 5) is 0. The van der Waals surface area contributed by atoms with Gasteiger partial charge in [-0.25, -0.2) is 0 Å². The van der Waals surface area contributed by atoms with Gasteiger partial charge in [0.15, 0.2) is 5.71 Å². The Morgan fingerprint density at radius 1 is 1.25 bits per heavy atom. The van der Waals surface area contributed by atoms with Crippen LogP contribution in [0.3, 0.4) is 0 Å². The van der Waals surface area contributed by atoms with Gasteiger partial charge in [0.05, 0.1) is 13.2 Å². The highest BCUT2D eigenvalue weighted by molar-refractivity contribution is 5.90. The van der Waals surface area contributed by atoms with Crippen LogP contribution in [-0.2, 0) is 0 Å². The van der Waals surface area contributed by atoms with Crippen molar-refractivity contribution in [2.45, 2.75) is 13.8 Å². The Hall–Kier alpha value is -1.19. The maximum absolute atomic E-state index is 9.59. The minimum Gasteiger partial charge on any atom is -0.395 e. The molecule has 1 aliphatic heterocycles. The lowest BCUT2D eigenvalue weighted by Crippen LogP contribution is -2.38. The second-order valence-corrected chi connectivity index (χ2v) is 3.94. The van der Waals surface area contributed by atoms with Gasteiger partial charge in [-0.15, -0.1) is 0 Å². The van der Waals surface area contributed by atoms with Crippen molar-refractivity contribution in [3.8, 4) is 0 Å². The third-order valence-corrected chi connectivity index (χ3v) is 3.43. The minimum atomic E-state index is -0.707. The molecular weight excluding hydrogens is 202 g/mol. The average molecular weight is 222 g/mol. The topological polar surface area (TPSA) is 43.5 Å². The van der Waals surface area contributed by atoms with E-state index in [1.165, 1.54) is 0 Å². The zero-order valence-corrected chi connectivity index (χ0v) is 10.0. The largest absolute Gasteiger partial charge is 0.395 e. The molecular formula is C13H20NO2+. The van der Waals surface area contributed by atoms with Gasteiger partial charge in [0, 0.05) is 18.6 Å². The normalized spacial score (nSPS) is 19.2. The molecule has 0 aromatic rings. The van der Waals surface area contributed by atoms with Crippen LogP contribution in [0.15, 0.2) is 36.6 Å². The van der Waals surface area contributed by atoms with Gasteiger partial charge in [-0.3, -0.25) is 0 Å². The lowest BCUT2D eigenvalue weighted by molar-refractivity contribution is -0.466. The molecule has 2 N–H and O–H groups in total. The molecule has 0 saturated heterocycles. The van der Waals surface area contributed by atoms with Crippen molar-refractivity contribution in [1.29, 1.82) is 0 Å². The highest BCUT2D eigenvalue weighted by Crippen LogP contribution is 2.37. The molecule has 0 spiro atoms. The zero-order chi connectivity index (χ0) is 12.3. The summed E-state index contributed by atoms with van der Waals surface area (Å²) in [6.45, 7) is 12.0. The van der Waals surface area contributed by atoms with Crippen molar-refractivity contribution in [1.82, 2.24) is 0 Å². The molecule has 0 unspecified atom stereocenters. The van der Waals surface area contributed by atoms with Crippen LogP contribution in [0.25, 0.3) is 0 Å². The number of hydrogen-bond acceptors (Lipinski definition) is 2. The molecule has 1 aliphatic rings. The number of allylic oxidation sites excluding steroid dienone is 2. The van der Waals surface area contributed by atoms with Gasteiger partial charge in [0.25, 0.3) is 0 Å². The molecule has 0 aromatic heterocycles. The van der Waals surface area contributed by atoms with Crippen LogP contribution in [-0.4, -0.2) is 40.3 Å². The highest BCUT2D eigenvalue weighted by atomic mass is 16.3. The van der Waals surface area contributed by atoms with Gasteiger partial charge in [-0.1, -0.05) is 19.2 Å². The predicted octanol–water partition coefficient (Wildman–Crippen LogP) is 1.09. The average Bonchev–Trinajstić information content (AvgIpc) is 2.56. The SMILES string of the molecule is C=CC1=C(C=C)C(CO)(CO)C(C)=[N+]1CC. The first-order chi connectivity index (χ1) is 7.62. The molecule has 0 radical (unpaired) electrons. The molecule has 0 atom stereocenters. The van der Waals surface area contributed by atoms with E-state index in [1.54, 1.807) is 12.2 Å². The van der Waals surface area contributed by atoms with Gasteiger partial charge in [-0.05, 0) is 6.92 Å². The molecule has 0 saturated carbocycles. The minimum absolute atomic E-state index is 0.121. The lowest BCUT2D eigenvalue weighted by Gasteiger charge is -2.22. The van der Waals surface area contributed by atoms with E-state index in [1.807, 2.05) is 13.8 Å². The fourth-order valence-corrected chi connectivity index (χ4v) is 2.40. The number of nitrogens with zero attached hydrogens (tertiary/aromatic N) is 1. The third kappa shape index (κ3) is 1.47. The maximum Gasteiger partial charge on any atom is 0.209 e. The first-order valence-electron chi connectivity index (χ1n) is 5.45. The van der Waals surface area contributed by atoms with E-state index in [-0.39, 0.29) is 13.2 Å². The molecule has 0 bridgehead atoms. The van der Waals surface area contributed by atoms with Crippen LogP contribution in [0, 0.1) is 5.41 Å². The predicted molar refractivity (Wildman–Crippen MR) is 65.5 cm³/mol. The molecule has 88 valence electrons. The van der Waals surface area contributed by atoms with E-state index < -0.39 is 5.41 Å². The second kappa shape index (κ2) is 4.76. The second-order valence-electron chi connectivity index (χ2n) is 3.94. The Kier molecular flexibility index (Phi) is 3.83. The summed E-state index contributed by atoms with van der Waals surface area (Å²) < 4.78 is 2.05. The van der Waals surface area contributed by atoms with Crippen LogP contribution in [0.2, 0.25) is 0 Å². The van der Waals surface area contributed by atoms with E-state index in [9.17, 15) is 10.2 Å². The number of hydrogen-bond donors (Lipinski definition) is 2. The number of aliphatic hydroxyl groups is 2. The fraction of sp³-hybridized carbons (Fsp3) is 0.462. The monoisotopic (exact) mass is 222 g/mol. The lowest BCUT2D eigenvalue weighted by atomic mass is 9.78. The summed E-state index contributed by atoms with van der Waals surface area (Å²) >= 11 is 0. The molecule has 1 rings (SSSR count). The van der Waals surface area contributed by atoms with Gasteiger partial charge in [0.2, 0.25) is 5.70 Å². The first-order valence-corrected chi connectivity index (χ1v) is 5.45. The maximum atomic E-state index is 9.59. The van der Waals surface area contributed by atoms with Crippen LogP contribution in [0.5, 0.6) is 0 Å². The van der Waals surface area contributed by atoms with E-state index in [0.717, 1.165) is 23.5 Å². The Labute approximate surface area is 96.7 Å². The molecule has 3 nitrogen and oxygen atoms in total. The summed E-state index contributed by atoms with van der Waals surface area (Å²) in [5, 5.41) is 19.2. The van der Waals surface area contributed by atoms with Crippen molar-refractivity contribution < 1.29 is 14.8 Å². The summed E-state index contributed by atoms with van der Waals surface area (Å²) in [5.41, 5.74) is 2.02. The van der Waals surface area contributed by atoms with Crippen molar-refractivity contribution in [2.24, 2.45) is 5.41 Å². The molecule has 0 aliphatic carbocycles. The Morgan fingerprint density at radius 2 is 1.81 bits per heavy atom. The Balaban J connectivity index is 3.51. The van der Waals surface area contributed by atoms with Crippen LogP contribution >= 0.6 is 0 Å². The van der Waals surface area contributed by atoms with Crippen molar-refractivity contribution in [3.63, 3.8) is 0 Å². The van der Waals surface area contributed by atoms with Crippen LogP contribution < -0.4 is 0 Å². The quantitative estimate of drug-likeness (QED) is 0.684. The van der Waals surface area contributed by atoms with E-state index in [0.29, 0.717) is 0 Å². The van der Waals surface area contributed by atoms with E-state index in [2.05, 4.69) is 17.7 Å². The summed E-state index contributed by atoms with van der Waals surface area (Å²) in [6.07, 6.45) is 3.44. The van der Waals surface area contributed by atoms with Crippen molar-refractivity contribution in [2.75, 3.05) is 19.8 Å². The summed E-state index contributed by atoms with van der Waals surface area (Å²) in [5.74, 6) is 0. The van der Waals surface area contributed by atoms with Gasteiger partial charge in [0.1, 0.15) is 12.0 Å². The Bertz CT molecular complexity index is 373. The van der Waals surface area contributed by atoms with Crippen LogP contribution in [0.1, 0.15) is 13.8 Å². The van der Waals surface area contributed by atoms with E-state index in [4.69, 9.17) is 0 Å². The number of aliphatic hydroxyl groups excluding tert-OH is 2. The Morgan fingerprint density at radius 3 is 2.12 bits per heavy atom. The van der Waals surface area contributed by atoms with Gasteiger partial charge < -0.3 is 10.2 Å². The summed E-state index contributed by atoms with van der Waals surface area (Å²) in [7, 11) is 0. The molecule has 0 amide bonds. The van der Waals surface area contributed by atoms with Crippen molar-refractivity contribution >= 4 is 5.71 Å². The zero-order valence-electron chi connectivity index (χ0n) is 10.0. The molecule has 3 heteroatoms. The third-order valence-electron chi connectivity index (χ3n) is 3.43. The molecule has 0 aromatic carbocycles. The smallest absolute Gasteiger partial charge is 0.209 e.